The summed E-state index contributed by atoms with van der Waals surface area (Å²) in [6.45, 7) is 3.04. The number of phenolic OH excluding ortho intramolecular Hbond substituents is 2. The van der Waals surface area contributed by atoms with Gasteiger partial charge in [0.05, 0.1) is 0 Å². The second-order valence-corrected chi connectivity index (χ2v) is 10.3. The number of hydrogen-bond donors (Lipinski definition) is 3. The number of aromatic hydroxyl groups is 2. The van der Waals surface area contributed by atoms with Gasteiger partial charge in [0.25, 0.3) is 0 Å². The SMILES string of the molecule is CCCCCCNC(=O)CCCCCCCCCC1c2ccc(O)cc2CC1c1ccc(O)cc1. The van der Waals surface area contributed by atoms with Gasteiger partial charge in [0.15, 0.2) is 0 Å². The molecule has 1 aliphatic carbocycles. The standard InChI is InChI=1S/C31H45NO3/c1-2-3-4-12-21-32-31(35)14-11-9-7-5-6-8-10-13-29-28-20-19-27(34)22-25(28)23-30(29)24-15-17-26(33)18-16-24/h15-20,22,29-30,33-34H,2-14,21,23H2,1H3,(H,32,35). The smallest absolute Gasteiger partial charge is 0.219 e. The summed E-state index contributed by atoms with van der Waals surface area (Å²) in [4.78, 5) is 11.9. The highest BCUT2D eigenvalue weighted by atomic mass is 16.3. The van der Waals surface area contributed by atoms with Crippen molar-refractivity contribution in [3.05, 3.63) is 59.2 Å². The van der Waals surface area contributed by atoms with E-state index in [2.05, 4.69) is 18.3 Å². The number of hydrogen-bond acceptors (Lipinski definition) is 3. The lowest BCUT2D eigenvalue weighted by Crippen LogP contribution is -2.23. The summed E-state index contributed by atoms with van der Waals surface area (Å²) in [5.74, 6) is 1.75. The van der Waals surface area contributed by atoms with Gasteiger partial charge in [0, 0.05) is 13.0 Å². The molecule has 0 aliphatic heterocycles. The minimum absolute atomic E-state index is 0.217. The Bertz CT molecular complexity index is 893. The van der Waals surface area contributed by atoms with E-state index < -0.39 is 0 Å². The van der Waals surface area contributed by atoms with E-state index in [9.17, 15) is 15.0 Å². The van der Waals surface area contributed by atoms with E-state index in [0.717, 1.165) is 38.6 Å². The Kier molecular flexibility index (Phi) is 11.5. The summed E-state index contributed by atoms with van der Waals surface area (Å²) in [7, 11) is 0. The normalized spacial score (nSPS) is 16.8. The van der Waals surface area contributed by atoms with Gasteiger partial charge in [0.1, 0.15) is 11.5 Å². The van der Waals surface area contributed by atoms with Crippen LogP contribution in [0.1, 0.15) is 119 Å². The predicted molar refractivity (Wildman–Crippen MR) is 144 cm³/mol. The van der Waals surface area contributed by atoms with Crippen LogP contribution in [0.2, 0.25) is 0 Å². The number of fused-ring (bicyclic) bond motifs is 1. The Hall–Kier alpha value is -2.49. The van der Waals surface area contributed by atoms with E-state index >= 15 is 0 Å². The van der Waals surface area contributed by atoms with Crippen LogP contribution in [-0.2, 0) is 11.2 Å². The molecular weight excluding hydrogens is 434 g/mol. The third-order valence-electron chi connectivity index (χ3n) is 7.54. The lowest BCUT2D eigenvalue weighted by atomic mass is 9.83. The lowest BCUT2D eigenvalue weighted by molar-refractivity contribution is -0.121. The van der Waals surface area contributed by atoms with E-state index in [4.69, 9.17) is 0 Å². The highest BCUT2D eigenvalue weighted by Crippen LogP contribution is 2.47. The highest BCUT2D eigenvalue weighted by Gasteiger charge is 2.33. The van der Waals surface area contributed by atoms with Crippen LogP contribution in [0.4, 0.5) is 0 Å². The largest absolute Gasteiger partial charge is 0.508 e. The van der Waals surface area contributed by atoms with Gasteiger partial charge >= 0.3 is 0 Å². The Morgan fingerprint density at radius 3 is 2.23 bits per heavy atom. The number of benzene rings is 2. The summed E-state index contributed by atoms with van der Waals surface area (Å²) >= 11 is 0. The molecule has 4 nitrogen and oxygen atoms in total. The van der Waals surface area contributed by atoms with Crippen LogP contribution in [0.15, 0.2) is 42.5 Å². The third kappa shape index (κ3) is 8.91. The number of nitrogens with one attached hydrogen (secondary N) is 1. The topological polar surface area (TPSA) is 69.6 Å². The van der Waals surface area contributed by atoms with Crippen LogP contribution in [0.3, 0.4) is 0 Å². The van der Waals surface area contributed by atoms with Crippen LogP contribution in [0, 0.1) is 0 Å². The fraction of sp³-hybridized carbons (Fsp3) is 0.581. The molecular formula is C31H45NO3. The molecule has 2 atom stereocenters. The molecule has 3 N–H and O–H groups in total. The van der Waals surface area contributed by atoms with Crippen molar-refractivity contribution in [1.82, 2.24) is 5.32 Å². The molecule has 4 heteroatoms. The van der Waals surface area contributed by atoms with Crippen LogP contribution >= 0.6 is 0 Å². The van der Waals surface area contributed by atoms with Crippen LogP contribution in [0.5, 0.6) is 11.5 Å². The monoisotopic (exact) mass is 479 g/mol. The first-order chi connectivity index (χ1) is 17.1. The Labute approximate surface area is 212 Å². The van der Waals surface area contributed by atoms with E-state index in [1.54, 1.807) is 12.1 Å². The van der Waals surface area contributed by atoms with Crippen LogP contribution < -0.4 is 5.32 Å². The molecule has 0 fully saturated rings. The molecule has 0 aromatic heterocycles. The first-order valence-corrected chi connectivity index (χ1v) is 14.0. The predicted octanol–water partition coefficient (Wildman–Crippen LogP) is 7.73. The van der Waals surface area contributed by atoms with Gasteiger partial charge in [-0.2, -0.15) is 0 Å². The molecule has 1 amide bonds. The zero-order valence-electron chi connectivity index (χ0n) is 21.6. The number of phenols is 2. The molecule has 2 aromatic carbocycles. The molecule has 2 unspecified atom stereocenters. The van der Waals surface area contributed by atoms with Crippen molar-refractivity contribution in [2.75, 3.05) is 6.54 Å². The van der Waals surface area contributed by atoms with E-state index in [1.807, 2.05) is 24.3 Å². The fourth-order valence-electron chi connectivity index (χ4n) is 5.56. The Balaban J connectivity index is 1.32. The van der Waals surface area contributed by atoms with Gasteiger partial charge in [-0.05, 0) is 78.5 Å². The molecule has 0 bridgehead atoms. The molecule has 0 radical (unpaired) electrons. The summed E-state index contributed by atoms with van der Waals surface area (Å²) < 4.78 is 0. The molecule has 192 valence electrons. The molecule has 0 spiro atoms. The maximum Gasteiger partial charge on any atom is 0.219 e. The summed E-state index contributed by atoms with van der Waals surface area (Å²) in [6, 6.07) is 13.5. The summed E-state index contributed by atoms with van der Waals surface area (Å²) in [5, 5.41) is 22.7. The third-order valence-corrected chi connectivity index (χ3v) is 7.54. The van der Waals surface area contributed by atoms with Crippen LogP contribution in [-0.4, -0.2) is 22.7 Å². The molecule has 3 rings (SSSR count). The van der Waals surface area contributed by atoms with Gasteiger partial charge in [-0.25, -0.2) is 0 Å². The lowest BCUT2D eigenvalue weighted by Gasteiger charge is -2.21. The molecule has 0 saturated heterocycles. The van der Waals surface area contributed by atoms with E-state index in [-0.39, 0.29) is 5.91 Å². The maximum atomic E-state index is 11.9. The number of unbranched alkanes of at least 4 members (excludes halogenated alkanes) is 9. The second kappa shape index (κ2) is 14.8. The highest BCUT2D eigenvalue weighted by molar-refractivity contribution is 5.75. The summed E-state index contributed by atoms with van der Waals surface area (Å²) in [5.41, 5.74) is 3.91. The van der Waals surface area contributed by atoms with Crippen molar-refractivity contribution in [1.29, 1.82) is 0 Å². The molecule has 1 aliphatic rings. The Morgan fingerprint density at radius 1 is 0.829 bits per heavy atom. The quantitative estimate of drug-likeness (QED) is 0.216. The van der Waals surface area contributed by atoms with Gasteiger partial charge < -0.3 is 15.5 Å². The molecule has 0 heterocycles. The summed E-state index contributed by atoms with van der Waals surface area (Å²) in [6.07, 6.45) is 15.9. The van der Waals surface area contributed by atoms with Crippen molar-refractivity contribution < 1.29 is 15.0 Å². The molecule has 2 aromatic rings. The molecule has 35 heavy (non-hydrogen) atoms. The van der Waals surface area contributed by atoms with Gasteiger partial charge in [-0.1, -0.05) is 82.9 Å². The van der Waals surface area contributed by atoms with Crippen molar-refractivity contribution in [3.63, 3.8) is 0 Å². The first kappa shape index (κ1) is 27.1. The van der Waals surface area contributed by atoms with Crippen molar-refractivity contribution in [2.45, 2.75) is 109 Å². The number of carbonyl (C=O) groups excluding carboxylic acids is 1. The van der Waals surface area contributed by atoms with Gasteiger partial charge in [0.2, 0.25) is 5.91 Å². The Morgan fingerprint density at radius 2 is 1.49 bits per heavy atom. The van der Waals surface area contributed by atoms with Crippen LogP contribution in [0.25, 0.3) is 0 Å². The number of rotatable bonds is 16. The zero-order chi connectivity index (χ0) is 24.9. The minimum atomic E-state index is 0.217. The van der Waals surface area contributed by atoms with E-state index in [1.165, 1.54) is 68.1 Å². The average molecular weight is 480 g/mol. The van der Waals surface area contributed by atoms with E-state index in [0.29, 0.717) is 29.8 Å². The minimum Gasteiger partial charge on any atom is -0.508 e. The zero-order valence-corrected chi connectivity index (χ0v) is 21.6. The second-order valence-electron chi connectivity index (χ2n) is 10.3. The van der Waals surface area contributed by atoms with Crippen molar-refractivity contribution in [3.8, 4) is 11.5 Å². The van der Waals surface area contributed by atoms with Gasteiger partial charge in [-0.3, -0.25) is 4.79 Å². The average Bonchev–Trinajstić information content (AvgIpc) is 3.20. The number of carbonyl (C=O) groups is 1. The maximum absolute atomic E-state index is 11.9. The van der Waals surface area contributed by atoms with Gasteiger partial charge in [-0.15, -0.1) is 0 Å². The fourth-order valence-corrected chi connectivity index (χ4v) is 5.56. The molecule has 0 saturated carbocycles. The van der Waals surface area contributed by atoms with Crippen molar-refractivity contribution in [2.24, 2.45) is 0 Å². The van der Waals surface area contributed by atoms with Crippen molar-refractivity contribution >= 4 is 5.91 Å². The number of amides is 1. The first-order valence-electron chi connectivity index (χ1n) is 14.0.